The van der Waals surface area contributed by atoms with E-state index in [0.29, 0.717) is 12.5 Å². The highest BCUT2D eigenvalue weighted by Gasteiger charge is 2.35. The van der Waals surface area contributed by atoms with Crippen molar-refractivity contribution in [2.75, 3.05) is 37.8 Å². The smallest absolute Gasteiger partial charge is 0.150 e. The fourth-order valence-electron chi connectivity index (χ4n) is 3.06. The molecule has 2 rings (SSSR count). The van der Waals surface area contributed by atoms with Gasteiger partial charge in [0.25, 0.3) is 0 Å². The lowest BCUT2D eigenvalue weighted by Gasteiger charge is -2.28. The Morgan fingerprint density at radius 3 is 2.60 bits per heavy atom. The standard InChI is InChI=1S/C14H27N5O/c1-9(2)13-12(15)14(18(5)16-13)19-8-11(20)6-10(19)7-17(3)4/h9-11,20H,6-8,15H2,1-5H3. The molecule has 1 saturated heterocycles. The zero-order valence-corrected chi connectivity index (χ0v) is 13.2. The molecule has 20 heavy (non-hydrogen) atoms. The van der Waals surface area contributed by atoms with Crippen LogP contribution in [0, 0.1) is 0 Å². The van der Waals surface area contributed by atoms with Crippen LogP contribution in [0.1, 0.15) is 31.9 Å². The van der Waals surface area contributed by atoms with Crippen LogP contribution in [0.5, 0.6) is 0 Å². The molecule has 2 heterocycles. The van der Waals surface area contributed by atoms with E-state index in [1.165, 1.54) is 0 Å². The summed E-state index contributed by atoms with van der Waals surface area (Å²) >= 11 is 0. The number of anilines is 2. The third-order valence-corrected chi connectivity index (χ3v) is 3.87. The van der Waals surface area contributed by atoms with Gasteiger partial charge in [-0.05, 0) is 26.4 Å². The number of aryl methyl sites for hydroxylation is 1. The molecule has 1 aromatic heterocycles. The highest BCUT2D eigenvalue weighted by molar-refractivity contribution is 5.68. The molecule has 0 radical (unpaired) electrons. The van der Waals surface area contributed by atoms with Gasteiger partial charge in [0.15, 0.2) is 5.82 Å². The van der Waals surface area contributed by atoms with Crippen LogP contribution in [-0.2, 0) is 7.05 Å². The Hall–Kier alpha value is -1.27. The Labute approximate surface area is 121 Å². The maximum atomic E-state index is 10.0. The van der Waals surface area contributed by atoms with Gasteiger partial charge in [0.05, 0.1) is 17.5 Å². The molecule has 6 heteroatoms. The van der Waals surface area contributed by atoms with Crippen LogP contribution in [0.2, 0.25) is 0 Å². The van der Waals surface area contributed by atoms with Gasteiger partial charge in [0.2, 0.25) is 0 Å². The average molecular weight is 281 g/mol. The molecule has 1 aromatic rings. The Bertz CT molecular complexity index is 468. The first-order chi connectivity index (χ1) is 9.31. The van der Waals surface area contributed by atoms with E-state index in [4.69, 9.17) is 5.73 Å². The van der Waals surface area contributed by atoms with E-state index in [1.807, 2.05) is 11.7 Å². The normalized spacial score (nSPS) is 23.3. The molecule has 0 bridgehead atoms. The SMILES string of the molecule is CC(C)c1nn(C)c(N2CC(O)CC2CN(C)C)c1N. The molecule has 0 aliphatic carbocycles. The van der Waals surface area contributed by atoms with Gasteiger partial charge in [-0.3, -0.25) is 4.68 Å². The Kier molecular flexibility index (Phi) is 4.25. The largest absolute Gasteiger partial charge is 0.394 e. The number of aliphatic hydroxyl groups excluding tert-OH is 1. The molecule has 0 aromatic carbocycles. The van der Waals surface area contributed by atoms with Crippen molar-refractivity contribution in [2.45, 2.75) is 38.3 Å². The van der Waals surface area contributed by atoms with Gasteiger partial charge in [0.1, 0.15) is 0 Å². The second-order valence-electron chi connectivity index (χ2n) is 6.36. The lowest BCUT2D eigenvalue weighted by atomic mass is 10.1. The second-order valence-corrected chi connectivity index (χ2v) is 6.36. The molecular formula is C14H27N5O. The number of nitrogens with two attached hydrogens (primary N) is 1. The maximum absolute atomic E-state index is 10.0. The van der Waals surface area contributed by atoms with Crippen LogP contribution in [0.25, 0.3) is 0 Å². The van der Waals surface area contributed by atoms with E-state index in [9.17, 15) is 5.11 Å². The van der Waals surface area contributed by atoms with Crippen LogP contribution in [0.3, 0.4) is 0 Å². The Morgan fingerprint density at radius 1 is 1.45 bits per heavy atom. The van der Waals surface area contributed by atoms with Crippen LogP contribution in [-0.4, -0.2) is 59.1 Å². The van der Waals surface area contributed by atoms with Crippen LogP contribution < -0.4 is 10.6 Å². The third-order valence-electron chi connectivity index (χ3n) is 3.87. The molecule has 0 saturated carbocycles. The Morgan fingerprint density at radius 2 is 2.10 bits per heavy atom. The zero-order valence-electron chi connectivity index (χ0n) is 13.2. The minimum absolute atomic E-state index is 0.276. The molecule has 1 aliphatic heterocycles. The van der Waals surface area contributed by atoms with Crippen molar-refractivity contribution in [3.63, 3.8) is 0 Å². The highest BCUT2D eigenvalue weighted by Crippen LogP contribution is 2.35. The summed E-state index contributed by atoms with van der Waals surface area (Å²) in [6, 6.07) is 0.276. The van der Waals surface area contributed by atoms with Crippen molar-refractivity contribution in [3.8, 4) is 0 Å². The van der Waals surface area contributed by atoms with E-state index < -0.39 is 0 Å². The molecule has 3 N–H and O–H groups in total. The minimum atomic E-state index is -0.295. The van der Waals surface area contributed by atoms with Crippen molar-refractivity contribution < 1.29 is 5.11 Å². The number of aliphatic hydroxyl groups is 1. The number of hydrogen-bond acceptors (Lipinski definition) is 5. The maximum Gasteiger partial charge on any atom is 0.150 e. The molecule has 2 atom stereocenters. The molecule has 0 amide bonds. The lowest BCUT2D eigenvalue weighted by Crippen LogP contribution is -2.38. The van der Waals surface area contributed by atoms with Crippen LogP contribution >= 0.6 is 0 Å². The number of likely N-dealkylation sites (N-methyl/N-ethyl adjacent to an activating group) is 1. The molecule has 6 nitrogen and oxygen atoms in total. The van der Waals surface area contributed by atoms with E-state index >= 15 is 0 Å². The zero-order chi connectivity index (χ0) is 15.0. The number of rotatable bonds is 4. The molecule has 1 fully saturated rings. The van der Waals surface area contributed by atoms with Gasteiger partial charge in [-0.2, -0.15) is 5.10 Å². The summed E-state index contributed by atoms with van der Waals surface area (Å²) in [5.74, 6) is 1.24. The van der Waals surface area contributed by atoms with Gasteiger partial charge in [0, 0.05) is 26.2 Å². The van der Waals surface area contributed by atoms with Crippen molar-refractivity contribution >= 4 is 11.5 Å². The molecule has 114 valence electrons. The molecule has 1 aliphatic rings. The summed E-state index contributed by atoms with van der Waals surface area (Å²) in [5.41, 5.74) is 7.99. The van der Waals surface area contributed by atoms with E-state index in [0.717, 1.165) is 30.2 Å². The first-order valence-corrected chi connectivity index (χ1v) is 7.23. The first kappa shape index (κ1) is 15.1. The van der Waals surface area contributed by atoms with Crippen LogP contribution in [0.4, 0.5) is 11.5 Å². The number of β-amino-alcohol motifs (C(OH)–C–C–N with tert-alkyl or cyclic N) is 1. The van der Waals surface area contributed by atoms with Crippen molar-refractivity contribution in [1.29, 1.82) is 0 Å². The van der Waals surface area contributed by atoms with Gasteiger partial charge >= 0.3 is 0 Å². The monoisotopic (exact) mass is 281 g/mol. The third kappa shape index (κ3) is 2.76. The average Bonchev–Trinajstić information content (AvgIpc) is 2.79. The van der Waals surface area contributed by atoms with Gasteiger partial charge in [-0.15, -0.1) is 0 Å². The molecule has 2 unspecified atom stereocenters. The number of nitrogen functional groups attached to an aromatic ring is 1. The summed E-state index contributed by atoms with van der Waals surface area (Å²) < 4.78 is 1.85. The summed E-state index contributed by atoms with van der Waals surface area (Å²) in [4.78, 5) is 4.35. The number of nitrogens with zero attached hydrogens (tertiary/aromatic N) is 4. The summed E-state index contributed by atoms with van der Waals surface area (Å²) in [7, 11) is 6.03. The Balaban J connectivity index is 2.34. The van der Waals surface area contributed by atoms with Crippen molar-refractivity contribution in [1.82, 2.24) is 14.7 Å². The number of hydrogen-bond donors (Lipinski definition) is 2. The quantitative estimate of drug-likeness (QED) is 0.847. The van der Waals surface area contributed by atoms with Crippen LogP contribution in [0.15, 0.2) is 0 Å². The summed E-state index contributed by atoms with van der Waals surface area (Å²) in [6.45, 7) is 5.72. The van der Waals surface area contributed by atoms with Crippen molar-refractivity contribution in [3.05, 3.63) is 5.69 Å². The molecule has 0 spiro atoms. The predicted octanol–water partition coefficient (Wildman–Crippen LogP) is 0.627. The van der Waals surface area contributed by atoms with Gasteiger partial charge < -0.3 is 20.6 Å². The lowest BCUT2D eigenvalue weighted by molar-refractivity contribution is 0.191. The number of aromatic nitrogens is 2. The summed E-state index contributed by atoms with van der Waals surface area (Å²) in [5, 5.41) is 14.6. The minimum Gasteiger partial charge on any atom is -0.394 e. The fraction of sp³-hybridized carbons (Fsp3) is 0.786. The van der Waals surface area contributed by atoms with Crippen molar-refractivity contribution in [2.24, 2.45) is 7.05 Å². The fourth-order valence-corrected chi connectivity index (χ4v) is 3.06. The van der Waals surface area contributed by atoms with Gasteiger partial charge in [-0.1, -0.05) is 13.8 Å². The molecular weight excluding hydrogens is 254 g/mol. The second kappa shape index (κ2) is 5.61. The van der Waals surface area contributed by atoms with E-state index in [-0.39, 0.29) is 12.1 Å². The first-order valence-electron chi connectivity index (χ1n) is 7.23. The predicted molar refractivity (Wildman–Crippen MR) is 82.0 cm³/mol. The van der Waals surface area contributed by atoms with E-state index in [2.05, 4.69) is 42.8 Å². The van der Waals surface area contributed by atoms with E-state index in [1.54, 1.807) is 0 Å². The van der Waals surface area contributed by atoms with Gasteiger partial charge in [-0.25, -0.2) is 0 Å². The topological polar surface area (TPSA) is 70.6 Å². The summed E-state index contributed by atoms with van der Waals surface area (Å²) in [6.07, 6.45) is 0.483. The highest BCUT2D eigenvalue weighted by atomic mass is 16.3.